The van der Waals surface area contributed by atoms with E-state index in [9.17, 15) is 4.79 Å². The number of hydrogen-bond donors (Lipinski definition) is 1. The monoisotopic (exact) mass is 412 g/mol. The van der Waals surface area contributed by atoms with Crippen molar-refractivity contribution in [2.75, 3.05) is 55.8 Å². The summed E-state index contributed by atoms with van der Waals surface area (Å²) in [7, 11) is 0. The second kappa shape index (κ2) is 10.3. The van der Waals surface area contributed by atoms with Gasteiger partial charge in [0.15, 0.2) is 5.82 Å². The molecule has 2 aromatic rings. The number of benzene rings is 1. The summed E-state index contributed by atoms with van der Waals surface area (Å²) in [5, 5.41) is 2.85. The molecule has 2 saturated heterocycles. The van der Waals surface area contributed by atoms with Crippen LogP contribution in [0.2, 0.25) is 0 Å². The molecule has 9 nitrogen and oxygen atoms in total. The van der Waals surface area contributed by atoms with Gasteiger partial charge in [-0.1, -0.05) is 30.3 Å². The number of morpholine rings is 1. The molecular weight excluding hydrogens is 384 g/mol. The summed E-state index contributed by atoms with van der Waals surface area (Å²) in [6.45, 7) is 5.37. The van der Waals surface area contributed by atoms with E-state index >= 15 is 0 Å². The van der Waals surface area contributed by atoms with E-state index in [1.807, 2.05) is 30.3 Å². The summed E-state index contributed by atoms with van der Waals surface area (Å²) in [6.07, 6.45) is 2.28. The fourth-order valence-corrected chi connectivity index (χ4v) is 3.50. The molecule has 0 atom stereocenters. The number of rotatable bonds is 8. The van der Waals surface area contributed by atoms with Crippen molar-refractivity contribution in [2.24, 2.45) is 0 Å². The molecular formula is C21H28N6O3. The molecule has 160 valence electrons. The van der Waals surface area contributed by atoms with Crippen molar-refractivity contribution in [3.63, 3.8) is 0 Å². The van der Waals surface area contributed by atoms with Crippen molar-refractivity contribution in [1.29, 1.82) is 0 Å². The number of carbonyl (C=O) groups is 1. The highest BCUT2D eigenvalue weighted by molar-refractivity contribution is 5.77. The number of nitrogens with zero attached hydrogens (tertiary/aromatic N) is 5. The van der Waals surface area contributed by atoms with Crippen molar-refractivity contribution in [3.8, 4) is 0 Å². The fourth-order valence-electron chi connectivity index (χ4n) is 3.50. The van der Waals surface area contributed by atoms with Gasteiger partial charge in [0.2, 0.25) is 17.8 Å². The molecule has 1 aromatic carbocycles. The van der Waals surface area contributed by atoms with E-state index in [4.69, 9.17) is 9.47 Å². The van der Waals surface area contributed by atoms with Crippen molar-refractivity contribution in [2.45, 2.75) is 26.0 Å². The van der Waals surface area contributed by atoms with E-state index < -0.39 is 0 Å². The molecule has 9 heteroatoms. The Hall–Kier alpha value is -2.78. The molecule has 1 N–H and O–H groups in total. The summed E-state index contributed by atoms with van der Waals surface area (Å²) >= 11 is 0. The van der Waals surface area contributed by atoms with E-state index in [1.165, 1.54) is 0 Å². The van der Waals surface area contributed by atoms with Gasteiger partial charge >= 0.3 is 0 Å². The highest BCUT2D eigenvalue weighted by Crippen LogP contribution is 2.19. The zero-order chi connectivity index (χ0) is 20.6. The van der Waals surface area contributed by atoms with Crippen LogP contribution in [0.4, 0.5) is 11.9 Å². The van der Waals surface area contributed by atoms with E-state index in [2.05, 4.69) is 30.1 Å². The first-order valence-electron chi connectivity index (χ1n) is 10.5. The van der Waals surface area contributed by atoms with Crippen LogP contribution in [0.3, 0.4) is 0 Å². The maximum absolute atomic E-state index is 12.2. The van der Waals surface area contributed by atoms with Crippen LogP contribution < -0.4 is 15.1 Å². The molecule has 0 unspecified atom stereocenters. The van der Waals surface area contributed by atoms with Crippen LogP contribution in [0.15, 0.2) is 30.3 Å². The molecule has 2 aliphatic rings. The number of anilines is 2. The first-order chi connectivity index (χ1) is 14.8. The van der Waals surface area contributed by atoms with E-state index in [1.54, 1.807) is 0 Å². The minimum absolute atomic E-state index is 0.00468. The van der Waals surface area contributed by atoms with Crippen LogP contribution in [0, 0.1) is 0 Å². The first kappa shape index (κ1) is 20.5. The van der Waals surface area contributed by atoms with Crippen LogP contribution in [0.25, 0.3) is 0 Å². The first-order valence-corrected chi connectivity index (χ1v) is 10.5. The SMILES string of the molecule is O=C(COCc1ccccc1)NCc1nc(N2CCCC2)nc(N2CCOCC2)n1. The predicted octanol–water partition coefficient (Wildman–Crippen LogP) is 1.14. The normalized spacial score (nSPS) is 16.7. The molecule has 2 aliphatic heterocycles. The Balaban J connectivity index is 1.35. The number of nitrogens with one attached hydrogen (secondary N) is 1. The van der Waals surface area contributed by atoms with Crippen LogP contribution >= 0.6 is 0 Å². The average molecular weight is 412 g/mol. The number of aromatic nitrogens is 3. The van der Waals surface area contributed by atoms with Gasteiger partial charge in [0, 0.05) is 26.2 Å². The summed E-state index contributed by atoms with van der Waals surface area (Å²) in [5.74, 6) is 1.71. The Labute approximate surface area is 176 Å². The highest BCUT2D eigenvalue weighted by atomic mass is 16.5. The molecule has 0 saturated carbocycles. The van der Waals surface area contributed by atoms with Gasteiger partial charge in [0.1, 0.15) is 6.61 Å². The van der Waals surface area contributed by atoms with Gasteiger partial charge in [-0.2, -0.15) is 15.0 Å². The third-order valence-corrected chi connectivity index (χ3v) is 5.13. The lowest BCUT2D eigenvalue weighted by atomic mass is 10.2. The number of carbonyl (C=O) groups excluding carboxylic acids is 1. The summed E-state index contributed by atoms with van der Waals surface area (Å²) in [5.41, 5.74) is 1.04. The van der Waals surface area contributed by atoms with Gasteiger partial charge in [-0.05, 0) is 18.4 Å². The topological polar surface area (TPSA) is 92.7 Å². The Morgan fingerprint density at radius 2 is 1.63 bits per heavy atom. The third-order valence-electron chi connectivity index (χ3n) is 5.13. The van der Waals surface area contributed by atoms with Gasteiger partial charge in [-0.15, -0.1) is 0 Å². The van der Waals surface area contributed by atoms with Gasteiger partial charge in [0.05, 0.1) is 26.4 Å². The lowest BCUT2D eigenvalue weighted by molar-refractivity contribution is -0.126. The minimum atomic E-state index is -0.193. The van der Waals surface area contributed by atoms with Crippen LogP contribution in [0.1, 0.15) is 24.2 Å². The molecule has 1 amide bonds. The Morgan fingerprint density at radius 3 is 2.33 bits per heavy atom. The van der Waals surface area contributed by atoms with E-state index in [0.29, 0.717) is 37.5 Å². The van der Waals surface area contributed by atoms with Crippen molar-refractivity contribution in [1.82, 2.24) is 20.3 Å². The van der Waals surface area contributed by atoms with Gasteiger partial charge < -0.3 is 24.6 Å². The number of hydrogen-bond acceptors (Lipinski definition) is 8. The summed E-state index contributed by atoms with van der Waals surface area (Å²) in [6, 6.07) is 9.78. The minimum Gasteiger partial charge on any atom is -0.378 e. The maximum Gasteiger partial charge on any atom is 0.246 e. The fraction of sp³-hybridized carbons (Fsp3) is 0.524. The van der Waals surface area contributed by atoms with Crippen molar-refractivity contribution in [3.05, 3.63) is 41.7 Å². The molecule has 0 aliphatic carbocycles. The lowest BCUT2D eigenvalue weighted by Crippen LogP contribution is -2.38. The number of ether oxygens (including phenoxy) is 2. The third kappa shape index (κ3) is 5.64. The smallest absolute Gasteiger partial charge is 0.246 e. The second-order valence-electron chi connectivity index (χ2n) is 7.40. The molecule has 0 bridgehead atoms. The standard InChI is InChI=1S/C21H28N6O3/c28-19(16-30-15-17-6-2-1-3-7-17)22-14-18-23-20(26-8-4-5-9-26)25-21(24-18)27-10-12-29-13-11-27/h1-3,6-7H,4-5,8-16H2,(H,22,28). The molecule has 0 radical (unpaired) electrons. The molecule has 4 rings (SSSR count). The van der Waals surface area contributed by atoms with Gasteiger partial charge in [-0.25, -0.2) is 0 Å². The van der Waals surface area contributed by atoms with Crippen LogP contribution in [-0.4, -0.2) is 66.9 Å². The maximum atomic E-state index is 12.2. The molecule has 3 heterocycles. The molecule has 2 fully saturated rings. The molecule has 30 heavy (non-hydrogen) atoms. The van der Waals surface area contributed by atoms with Crippen LogP contribution in [-0.2, 0) is 27.4 Å². The largest absolute Gasteiger partial charge is 0.378 e. The zero-order valence-corrected chi connectivity index (χ0v) is 17.1. The van der Waals surface area contributed by atoms with Crippen molar-refractivity contribution < 1.29 is 14.3 Å². The average Bonchev–Trinajstić information content (AvgIpc) is 3.34. The van der Waals surface area contributed by atoms with E-state index in [0.717, 1.165) is 44.6 Å². The summed E-state index contributed by atoms with van der Waals surface area (Å²) < 4.78 is 10.9. The highest BCUT2D eigenvalue weighted by Gasteiger charge is 2.21. The second-order valence-corrected chi connectivity index (χ2v) is 7.40. The quantitative estimate of drug-likeness (QED) is 0.690. The van der Waals surface area contributed by atoms with E-state index in [-0.39, 0.29) is 19.1 Å². The zero-order valence-electron chi connectivity index (χ0n) is 17.1. The molecule has 0 spiro atoms. The molecule has 1 aromatic heterocycles. The van der Waals surface area contributed by atoms with Crippen molar-refractivity contribution >= 4 is 17.8 Å². The van der Waals surface area contributed by atoms with Crippen LogP contribution in [0.5, 0.6) is 0 Å². The van der Waals surface area contributed by atoms with Gasteiger partial charge in [-0.3, -0.25) is 4.79 Å². The number of amides is 1. The summed E-state index contributed by atoms with van der Waals surface area (Å²) in [4.78, 5) is 30.4. The lowest BCUT2D eigenvalue weighted by Gasteiger charge is -2.28. The Morgan fingerprint density at radius 1 is 0.967 bits per heavy atom. The van der Waals surface area contributed by atoms with Gasteiger partial charge in [0.25, 0.3) is 0 Å². The Kier molecular flexibility index (Phi) is 7.04. The predicted molar refractivity (Wildman–Crippen MR) is 112 cm³/mol. The Bertz CT molecular complexity index is 823.